The van der Waals surface area contributed by atoms with Crippen molar-refractivity contribution >= 4 is 5.91 Å². The zero-order chi connectivity index (χ0) is 22.2. The highest BCUT2D eigenvalue weighted by Gasteiger charge is 2.56. The van der Waals surface area contributed by atoms with Crippen LogP contribution in [-0.4, -0.2) is 35.4 Å². The lowest BCUT2D eigenvalue weighted by Gasteiger charge is -2.56. The summed E-state index contributed by atoms with van der Waals surface area (Å²) >= 11 is 0. The summed E-state index contributed by atoms with van der Waals surface area (Å²) in [6.45, 7) is 10.1. The maximum absolute atomic E-state index is 13.0. The van der Waals surface area contributed by atoms with Crippen molar-refractivity contribution in [2.75, 3.05) is 13.2 Å². The molecule has 4 aliphatic rings. The molecule has 0 bridgehead atoms. The number of aliphatic hydroxyl groups excluding tert-OH is 2. The molecule has 1 amide bonds. The number of fused-ring (bicyclic) bond motifs is 1. The Morgan fingerprint density at radius 3 is 2.52 bits per heavy atom. The number of hydrogen-bond acceptors (Lipinski definition) is 3. The van der Waals surface area contributed by atoms with Crippen molar-refractivity contribution < 1.29 is 15.0 Å². The van der Waals surface area contributed by atoms with Crippen molar-refractivity contribution in [3.05, 3.63) is 12.2 Å². The second kappa shape index (κ2) is 9.17. The highest BCUT2D eigenvalue weighted by atomic mass is 16.3. The fourth-order valence-corrected chi connectivity index (χ4v) is 8.19. The van der Waals surface area contributed by atoms with E-state index in [0.29, 0.717) is 24.2 Å². The van der Waals surface area contributed by atoms with Crippen molar-refractivity contribution in [2.45, 2.75) is 97.0 Å². The number of amides is 1. The molecular weight excluding hydrogens is 386 g/mol. The van der Waals surface area contributed by atoms with Gasteiger partial charge in [-0.05, 0) is 92.3 Å². The summed E-state index contributed by atoms with van der Waals surface area (Å²) in [6, 6.07) is 0. The molecule has 0 radical (unpaired) electrons. The lowest BCUT2D eigenvalue weighted by Crippen LogP contribution is -2.54. The van der Waals surface area contributed by atoms with Crippen molar-refractivity contribution in [2.24, 2.45) is 40.4 Å². The van der Waals surface area contributed by atoms with Crippen LogP contribution >= 0.6 is 0 Å². The number of carbonyl (C=O) groups is 1. The second-order valence-electron chi connectivity index (χ2n) is 11.9. The smallest absolute Gasteiger partial charge is 0.223 e. The molecule has 0 heterocycles. The Labute approximate surface area is 189 Å². The number of allylic oxidation sites excluding steroid dienone is 1. The van der Waals surface area contributed by atoms with Crippen LogP contribution in [0.25, 0.3) is 0 Å². The van der Waals surface area contributed by atoms with Crippen LogP contribution in [0.5, 0.6) is 0 Å². The third kappa shape index (κ3) is 4.24. The Hall–Kier alpha value is -0.870. The molecule has 0 unspecified atom stereocenters. The molecule has 4 rings (SSSR count). The zero-order valence-corrected chi connectivity index (χ0v) is 19.9. The molecule has 0 aliphatic heterocycles. The maximum atomic E-state index is 13.0. The summed E-state index contributed by atoms with van der Waals surface area (Å²) in [5.74, 6) is 2.09. The Balaban J connectivity index is 1.56. The SMILES string of the molecule is C=C1CC[C@H]2[C@H](CNC(=O)C3CCCCC3)[C@@H]([C@]3(C)CC[C@H](O)C[C@@H]3CO)CC[C@]12C. The van der Waals surface area contributed by atoms with Gasteiger partial charge < -0.3 is 15.5 Å². The number of nitrogens with one attached hydrogen (secondary N) is 1. The molecule has 4 heteroatoms. The minimum Gasteiger partial charge on any atom is -0.396 e. The van der Waals surface area contributed by atoms with E-state index in [1.165, 1.54) is 37.7 Å². The molecule has 3 N–H and O–H groups in total. The molecular formula is C27H45NO3. The molecule has 4 fully saturated rings. The van der Waals surface area contributed by atoms with Gasteiger partial charge in [0.2, 0.25) is 5.91 Å². The van der Waals surface area contributed by atoms with E-state index in [9.17, 15) is 15.0 Å². The molecule has 4 aliphatic carbocycles. The summed E-state index contributed by atoms with van der Waals surface area (Å²) in [4.78, 5) is 13.0. The third-order valence-electron chi connectivity index (χ3n) is 10.5. The predicted octanol–water partition coefficient (Wildman–Crippen LogP) is 4.84. The molecule has 7 atom stereocenters. The first-order valence-electron chi connectivity index (χ1n) is 13.0. The highest BCUT2D eigenvalue weighted by Crippen LogP contribution is 2.63. The van der Waals surface area contributed by atoms with E-state index in [-0.39, 0.29) is 41.3 Å². The van der Waals surface area contributed by atoms with Gasteiger partial charge in [0, 0.05) is 19.1 Å². The van der Waals surface area contributed by atoms with Crippen molar-refractivity contribution in [1.82, 2.24) is 5.32 Å². The van der Waals surface area contributed by atoms with Crippen LogP contribution in [0.2, 0.25) is 0 Å². The topological polar surface area (TPSA) is 69.6 Å². The number of carbonyl (C=O) groups excluding carboxylic acids is 1. The Kier molecular flexibility index (Phi) is 6.89. The Bertz CT molecular complexity index is 671. The number of rotatable bonds is 5. The van der Waals surface area contributed by atoms with Crippen LogP contribution in [0.3, 0.4) is 0 Å². The monoisotopic (exact) mass is 431 g/mol. The van der Waals surface area contributed by atoms with Gasteiger partial charge in [-0.1, -0.05) is 45.3 Å². The van der Waals surface area contributed by atoms with E-state index in [0.717, 1.165) is 45.1 Å². The molecule has 0 aromatic heterocycles. The molecule has 31 heavy (non-hydrogen) atoms. The molecule has 0 aromatic carbocycles. The second-order valence-corrected chi connectivity index (χ2v) is 11.9. The maximum Gasteiger partial charge on any atom is 0.223 e. The van der Waals surface area contributed by atoms with E-state index in [2.05, 4.69) is 25.7 Å². The Morgan fingerprint density at radius 2 is 1.81 bits per heavy atom. The van der Waals surface area contributed by atoms with Crippen LogP contribution < -0.4 is 5.32 Å². The summed E-state index contributed by atoms with van der Waals surface area (Å²) in [7, 11) is 0. The fraction of sp³-hybridized carbons (Fsp3) is 0.889. The standard InChI is InChI=1S/C27H45NO3/c1-18-9-10-23-22(16-28-25(31)19-7-5-4-6-8-19)24(12-14-26(18,23)2)27(3)13-11-21(30)15-20(27)17-29/h19-24,29-30H,1,4-17H2,2-3H3,(H,28,31)/t20-,21+,22+,23+,24+,26-,27-/m1/s1. The highest BCUT2D eigenvalue weighted by molar-refractivity contribution is 5.78. The lowest BCUT2D eigenvalue weighted by molar-refractivity contribution is -0.128. The first kappa shape index (κ1) is 23.3. The van der Waals surface area contributed by atoms with E-state index in [1.807, 2.05) is 0 Å². The van der Waals surface area contributed by atoms with Gasteiger partial charge in [0.15, 0.2) is 0 Å². The van der Waals surface area contributed by atoms with Gasteiger partial charge in [0.1, 0.15) is 0 Å². The average Bonchev–Trinajstić information content (AvgIpc) is 3.08. The molecule has 4 saturated carbocycles. The van der Waals surface area contributed by atoms with Gasteiger partial charge in [-0.25, -0.2) is 0 Å². The van der Waals surface area contributed by atoms with Gasteiger partial charge in [-0.2, -0.15) is 0 Å². The van der Waals surface area contributed by atoms with Crippen molar-refractivity contribution in [1.29, 1.82) is 0 Å². The summed E-state index contributed by atoms with van der Waals surface area (Å²) < 4.78 is 0. The first-order valence-corrected chi connectivity index (χ1v) is 13.0. The van der Waals surface area contributed by atoms with Gasteiger partial charge in [0.25, 0.3) is 0 Å². The molecule has 0 aromatic rings. The number of hydrogen-bond donors (Lipinski definition) is 3. The van der Waals surface area contributed by atoms with E-state index in [1.54, 1.807) is 0 Å². The summed E-state index contributed by atoms with van der Waals surface area (Å²) in [5.41, 5.74) is 1.62. The quantitative estimate of drug-likeness (QED) is 0.546. The minimum atomic E-state index is -0.283. The van der Waals surface area contributed by atoms with E-state index < -0.39 is 0 Å². The van der Waals surface area contributed by atoms with Crippen LogP contribution in [-0.2, 0) is 4.79 Å². The van der Waals surface area contributed by atoms with Gasteiger partial charge in [0.05, 0.1) is 6.10 Å². The summed E-state index contributed by atoms with van der Waals surface area (Å²) in [5, 5.41) is 23.9. The minimum absolute atomic E-state index is 0.0272. The molecule has 0 saturated heterocycles. The fourth-order valence-electron chi connectivity index (χ4n) is 8.19. The van der Waals surface area contributed by atoms with E-state index in [4.69, 9.17) is 0 Å². The van der Waals surface area contributed by atoms with Gasteiger partial charge in [-0.15, -0.1) is 0 Å². The number of aliphatic hydroxyl groups is 2. The lowest BCUT2D eigenvalue weighted by atomic mass is 9.49. The van der Waals surface area contributed by atoms with Crippen molar-refractivity contribution in [3.8, 4) is 0 Å². The molecule has 0 spiro atoms. The summed E-state index contributed by atoms with van der Waals surface area (Å²) in [6.07, 6.45) is 12.5. The normalized spacial score (nSPS) is 44.1. The Morgan fingerprint density at radius 1 is 1.06 bits per heavy atom. The largest absolute Gasteiger partial charge is 0.396 e. The molecule has 4 nitrogen and oxygen atoms in total. The third-order valence-corrected chi connectivity index (χ3v) is 10.5. The average molecular weight is 432 g/mol. The van der Waals surface area contributed by atoms with Crippen molar-refractivity contribution in [3.63, 3.8) is 0 Å². The van der Waals surface area contributed by atoms with Crippen LogP contribution in [0.1, 0.15) is 90.9 Å². The van der Waals surface area contributed by atoms with Gasteiger partial charge >= 0.3 is 0 Å². The predicted molar refractivity (Wildman–Crippen MR) is 124 cm³/mol. The van der Waals surface area contributed by atoms with Gasteiger partial charge in [-0.3, -0.25) is 4.79 Å². The van der Waals surface area contributed by atoms with Crippen LogP contribution in [0.4, 0.5) is 0 Å². The van der Waals surface area contributed by atoms with Crippen LogP contribution in [0.15, 0.2) is 12.2 Å². The van der Waals surface area contributed by atoms with Crippen LogP contribution in [0, 0.1) is 40.4 Å². The molecule has 176 valence electrons. The first-order chi connectivity index (χ1) is 14.8. The zero-order valence-electron chi connectivity index (χ0n) is 19.9. The van der Waals surface area contributed by atoms with E-state index >= 15 is 0 Å².